The van der Waals surface area contributed by atoms with E-state index in [4.69, 9.17) is 0 Å². The molecule has 0 aromatic rings. The van der Waals surface area contributed by atoms with E-state index < -0.39 is 0 Å². The third-order valence-corrected chi connectivity index (χ3v) is 4.11. The van der Waals surface area contributed by atoms with E-state index in [1.165, 1.54) is 0 Å². The number of hydrogen-bond acceptors (Lipinski definition) is 3. The number of amides is 1. The number of likely N-dealkylation sites (tertiary alicyclic amines) is 1. The number of aliphatic hydroxyl groups excluding tert-OH is 1. The summed E-state index contributed by atoms with van der Waals surface area (Å²) in [5.41, 5.74) is -0.482. The Kier molecular flexibility index (Phi) is 5.39. The third kappa shape index (κ3) is 4.46. The van der Waals surface area contributed by atoms with Crippen LogP contribution in [0, 0.1) is 5.41 Å². The van der Waals surface area contributed by atoms with Gasteiger partial charge in [-0.2, -0.15) is 0 Å². The highest BCUT2D eigenvalue weighted by atomic mass is 16.3. The molecule has 1 unspecified atom stereocenters. The predicted octanol–water partition coefficient (Wildman–Crippen LogP) is 1.77. The van der Waals surface area contributed by atoms with Gasteiger partial charge in [-0.05, 0) is 26.2 Å². The molecule has 1 amide bonds. The Labute approximate surface area is 117 Å². The average Bonchev–Trinajstić information content (AvgIpc) is 2.37. The van der Waals surface area contributed by atoms with Gasteiger partial charge in [-0.15, -0.1) is 0 Å². The summed E-state index contributed by atoms with van der Waals surface area (Å²) in [4.78, 5) is 14.2. The molecule has 0 aromatic heterocycles. The number of nitrogens with one attached hydrogen (secondary N) is 1. The number of rotatable bonds is 4. The van der Waals surface area contributed by atoms with Crippen molar-refractivity contribution in [2.45, 2.75) is 65.5 Å². The van der Waals surface area contributed by atoms with Crippen LogP contribution in [0.1, 0.15) is 53.9 Å². The lowest BCUT2D eigenvalue weighted by molar-refractivity contribution is -0.140. The van der Waals surface area contributed by atoms with Crippen molar-refractivity contribution in [1.29, 1.82) is 0 Å². The fourth-order valence-electron chi connectivity index (χ4n) is 2.45. The van der Waals surface area contributed by atoms with Gasteiger partial charge in [-0.25, -0.2) is 0 Å². The van der Waals surface area contributed by atoms with Crippen LogP contribution < -0.4 is 5.32 Å². The summed E-state index contributed by atoms with van der Waals surface area (Å²) < 4.78 is 0. The number of carbonyl (C=O) groups is 1. The van der Waals surface area contributed by atoms with Crippen LogP contribution in [0.3, 0.4) is 0 Å². The van der Waals surface area contributed by atoms with E-state index in [1.807, 2.05) is 25.7 Å². The summed E-state index contributed by atoms with van der Waals surface area (Å²) in [7, 11) is 0. The molecule has 1 fully saturated rings. The summed E-state index contributed by atoms with van der Waals surface area (Å²) in [5, 5.41) is 13.0. The van der Waals surface area contributed by atoms with E-state index in [0.717, 1.165) is 32.4 Å². The van der Waals surface area contributed by atoms with Crippen molar-refractivity contribution in [1.82, 2.24) is 10.2 Å². The topological polar surface area (TPSA) is 52.6 Å². The van der Waals surface area contributed by atoms with Crippen molar-refractivity contribution in [3.05, 3.63) is 0 Å². The number of carbonyl (C=O) groups excluding carboxylic acids is 1. The Balaban J connectivity index is 2.48. The molecule has 19 heavy (non-hydrogen) atoms. The minimum Gasteiger partial charge on any atom is -0.394 e. The van der Waals surface area contributed by atoms with Crippen molar-refractivity contribution in [3.63, 3.8) is 0 Å². The molecule has 1 aliphatic rings. The Morgan fingerprint density at radius 1 is 1.26 bits per heavy atom. The zero-order chi connectivity index (χ0) is 14.7. The first-order valence-corrected chi connectivity index (χ1v) is 7.40. The predicted molar refractivity (Wildman–Crippen MR) is 78.0 cm³/mol. The molecule has 0 radical (unpaired) electrons. The van der Waals surface area contributed by atoms with E-state index >= 15 is 0 Å². The van der Waals surface area contributed by atoms with E-state index in [2.05, 4.69) is 19.2 Å². The summed E-state index contributed by atoms with van der Waals surface area (Å²) in [6.45, 7) is 11.8. The Morgan fingerprint density at radius 3 is 2.16 bits per heavy atom. The molecule has 2 N–H and O–H groups in total. The molecular weight excluding hydrogens is 240 g/mol. The highest BCUT2D eigenvalue weighted by Crippen LogP contribution is 2.22. The molecule has 1 aliphatic heterocycles. The summed E-state index contributed by atoms with van der Waals surface area (Å²) in [6.07, 6.45) is 2.85. The van der Waals surface area contributed by atoms with Crippen LogP contribution in [0.5, 0.6) is 0 Å². The number of aliphatic hydroxyl groups is 1. The second kappa shape index (κ2) is 6.23. The highest BCUT2D eigenvalue weighted by molar-refractivity contribution is 5.81. The van der Waals surface area contributed by atoms with Gasteiger partial charge < -0.3 is 15.3 Å². The quantitative estimate of drug-likeness (QED) is 0.818. The SMILES string of the molecule is CCC(C)(CO)NC1CCN(C(=O)C(C)(C)C)CC1. The maximum atomic E-state index is 12.2. The molecule has 1 heterocycles. The van der Waals surface area contributed by atoms with Crippen LogP contribution >= 0.6 is 0 Å². The first-order chi connectivity index (χ1) is 8.72. The molecule has 1 rings (SSSR count). The molecule has 0 aromatic carbocycles. The monoisotopic (exact) mass is 270 g/mol. The van der Waals surface area contributed by atoms with Crippen LogP contribution in [-0.4, -0.2) is 47.2 Å². The second-order valence-electron chi connectivity index (χ2n) is 7.03. The van der Waals surface area contributed by atoms with Crippen LogP contribution in [0.2, 0.25) is 0 Å². The van der Waals surface area contributed by atoms with Crippen LogP contribution in [0.25, 0.3) is 0 Å². The summed E-state index contributed by atoms with van der Waals surface area (Å²) in [5.74, 6) is 0.242. The molecule has 4 nitrogen and oxygen atoms in total. The molecule has 0 saturated carbocycles. The van der Waals surface area contributed by atoms with Gasteiger partial charge in [0.1, 0.15) is 0 Å². The minimum atomic E-state index is -0.288. The van der Waals surface area contributed by atoms with E-state index in [1.54, 1.807) is 0 Å². The van der Waals surface area contributed by atoms with Gasteiger partial charge in [0.15, 0.2) is 0 Å². The van der Waals surface area contributed by atoms with Crippen molar-refractivity contribution in [3.8, 4) is 0 Å². The fourth-order valence-corrected chi connectivity index (χ4v) is 2.45. The summed E-state index contributed by atoms with van der Waals surface area (Å²) >= 11 is 0. The largest absolute Gasteiger partial charge is 0.394 e. The van der Waals surface area contributed by atoms with E-state index in [0.29, 0.717) is 6.04 Å². The van der Waals surface area contributed by atoms with Gasteiger partial charge in [-0.3, -0.25) is 4.79 Å². The van der Waals surface area contributed by atoms with E-state index in [-0.39, 0.29) is 23.5 Å². The molecule has 1 saturated heterocycles. The Morgan fingerprint density at radius 2 is 1.79 bits per heavy atom. The summed E-state index contributed by atoms with van der Waals surface area (Å²) in [6, 6.07) is 0.404. The third-order valence-electron chi connectivity index (χ3n) is 4.11. The number of piperidine rings is 1. The van der Waals surface area contributed by atoms with Crippen molar-refractivity contribution in [2.24, 2.45) is 5.41 Å². The fraction of sp³-hybridized carbons (Fsp3) is 0.933. The van der Waals surface area contributed by atoms with E-state index in [9.17, 15) is 9.90 Å². The first kappa shape index (κ1) is 16.4. The first-order valence-electron chi connectivity index (χ1n) is 7.40. The molecule has 0 spiro atoms. The second-order valence-corrected chi connectivity index (χ2v) is 7.03. The van der Waals surface area contributed by atoms with Gasteiger partial charge >= 0.3 is 0 Å². The molecule has 1 atom stereocenters. The van der Waals surface area contributed by atoms with Gasteiger partial charge in [0.25, 0.3) is 0 Å². The molecular formula is C15H30N2O2. The smallest absolute Gasteiger partial charge is 0.227 e. The molecule has 4 heteroatoms. The molecule has 112 valence electrons. The lowest BCUT2D eigenvalue weighted by atomic mass is 9.91. The van der Waals surface area contributed by atoms with Gasteiger partial charge in [0.05, 0.1) is 6.61 Å². The standard InChI is InChI=1S/C15H30N2O2/c1-6-15(5,11-18)16-12-7-9-17(10-8-12)13(19)14(2,3)4/h12,16,18H,6-11H2,1-5H3. The Bertz CT molecular complexity index is 298. The van der Waals surface area contributed by atoms with Gasteiger partial charge in [-0.1, -0.05) is 27.7 Å². The van der Waals surface area contributed by atoms with Crippen molar-refractivity contribution < 1.29 is 9.90 Å². The van der Waals surface area contributed by atoms with Gasteiger partial charge in [0.2, 0.25) is 5.91 Å². The molecule has 0 aliphatic carbocycles. The number of hydrogen-bond donors (Lipinski definition) is 2. The lowest BCUT2D eigenvalue weighted by Crippen LogP contribution is -2.55. The van der Waals surface area contributed by atoms with Crippen LogP contribution in [0.15, 0.2) is 0 Å². The maximum absolute atomic E-state index is 12.2. The van der Waals surface area contributed by atoms with Crippen molar-refractivity contribution >= 4 is 5.91 Å². The molecule has 0 bridgehead atoms. The highest BCUT2D eigenvalue weighted by Gasteiger charge is 2.32. The number of nitrogens with zero attached hydrogens (tertiary/aromatic N) is 1. The lowest BCUT2D eigenvalue weighted by Gasteiger charge is -2.39. The average molecular weight is 270 g/mol. The Hall–Kier alpha value is -0.610. The maximum Gasteiger partial charge on any atom is 0.227 e. The van der Waals surface area contributed by atoms with Gasteiger partial charge in [0, 0.05) is 30.1 Å². The normalized spacial score (nSPS) is 21.3. The van der Waals surface area contributed by atoms with Crippen molar-refractivity contribution in [2.75, 3.05) is 19.7 Å². The van der Waals surface area contributed by atoms with Crippen LogP contribution in [-0.2, 0) is 4.79 Å². The van der Waals surface area contributed by atoms with Crippen LogP contribution in [0.4, 0.5) is 0 Å². The zero-order valence-corrected chi connectivity index (χ0v) is 13.1. The zero-order valence-electron chi connectivity index (χ0n) is 13.1. The minimum absolute atomic E-state index is 0.157.